The van der Waals surface area contributed by atoms with Crippen molar-refractivity contribution >= 4 is 24.0 Å². The number of hydrogen-bond donors (Lipinski definition) is 0. The molecule has 2 fully saturated rings. The molecule has 0 bridgehead atoms. The van der Waals surface area contributed by atoms with Crippen LogP contribution in [0.3, 0.4) is 0 Å². The molecule has 0 aliphatic carbocycles. The lowest BCUT2D eigenvalue weighted by molar-refractivity contribution is -0.165. The first kappa shape index (κ1) is 29.6. The van der Waals surface area contributed by atoms with Crippen molar-refractivity contribution in [2.24, 2.45) is 0 Å². The Labute approximate surface area is 262 Å². The van der Waals surface area contributed by atoms with E-state index in [-0.39, 0.29) is 38.2 Å². The van der Waals surface area contributed by atoms with Gasteiger partial charge in [0.1, 0.15) is 12.1 Å². The van der Waals surface area contributed by atoms with Crippen molar-refractivity contribution in [2.75, 3.05) is 13.1 Å². The minimum atomic E-state index is -0.995. The molecule has 0 saturated carbocycles. The molecule has 45 heavy (non-hydrogen) atoms. The second-order valence-electron chi connectivity index (χ2n) is 11.3. The SMILES string of the molecule is O=C(OC(=O)C1CN(Cc2ccccc2)C(=O)N1Cc1ccccc1)C1CN(Cc2ccccc2)C(=O)N1Cc1ccccc1. The Morgan fingerprint density at radius 3 is 1.09 bits per heavy atom. The quantitative estimate of drug-likeness (QED) is 0.187. The Morgan fingerprint density at radius 2 is 0.778 bits per heavy atom. The Balaban J connectivity index is 1.21. The van der Waals surface area contributed by atoms with Gasteiger partial charge in [0.15, 0.2) is 0 Å². The molecule has 6 rings (SSSR count). The van der Waals surface area contributed by atoms with Crippen molar-refractivity contribution < 1.29 is 23.9 Å². The van der Waals surface area contributed by atoms with E-state index in [1.165, 1.54) is 9.80 Å². The first-order valence-corrected chi connectivity index (χ1v) is 15.0. The zero-order valence-electron chi connectivity index (χ0n) is 24.8. The molecule has 2 aliphatic heterocycles. The molecule has 4 aromatic carbocycles. The molecule has 2 saturated heterocycles. The maximum absolute atomic E-state index is 13.7. The number of ether oxygens (including phenoxy) is 1. The van der Waals surface area contributed by atoms with E-state index < -0.39 is 24.0 Å². The van der Waals surface area contributed by atoms with Gasteiger partial charge < -0.3 is 24.3 Å². The summed E-state index contributed by atoms with van der Waals surface area (Å²) in [5, 5.41) is 0. The molecule has 0 spiro atoms. The summed E-state index contributed by atoms with van der Waals surface area (Å²) in [5.41, 5.74) is 3.55. The lowest BCUT2D eigenvalue weighted by atomic mass is 10.2. The summed E-state index contributed by atoms with van der Waals surface area (Å²) in [4.78, 5) is 60.7. The highest BCUT2D eigenvalue weighted by molar-refractivity contribution is 5.97. The third kappa shape index (κ3) is 6.88. The van der Waals surface area contributed by atoms with E-state index >= 15 is 0 Å². The lowest BCUT2D eigenvalue weighted by Gasteiger charge is -2.24. The van der Waals surface area contributed by atoms with Crippen LogP contribution >= 0.6 is 0 Å². The fourth-order valence-electron chi connectivity index (χ4n) is 5.83. The van der Waals surface area contributed by atoms with Gasteiger partial charge in [-0.1, -0.05) is 121 Å². The summed E-state index contributed by atoms with van der Waals surface area (Å²) in [6, 6.07) is 35.2. The van der Waals surface area contributed by atoms with Gasteiger partial charge in [-0.3, -0.25) is 0 Å². The highest BCUT2D eigenvalue weighted by Crippen LogP contribution is 2.26. The fraction of sp³-hybridized carbons (Fsp3) is 0.222. The zero-order valence-corrected chi connectivity index (χ0v) is 24.8. The van der Waals surface area contributed by atoms with Crippen LogP contribution in [0, 0.1) is 0 Å². The predicted molar refractivity (Wildman–Crippen MR) is 167 cm³/mol. The van der Waals surface area contributed by atoms with E-state index in [9.17, 15) is 19.2 Å². The van der Waals surface area contributed by atoms with Crippen LogP contribution in [-0.2, 0) is 40.5 Å². The number of esters is 2. The van der Waals surface area contributed by atoms with E-state index in [0.29, 0.717) is 13.1 Å². The van der Waals surface area contributed by atoms with Crippen LogP contribution in [0.25, 0.3) is 0 Å². The highest BCUT2D eigenvalue weighted by atomic mass is 16.6. The topological polar surface area (TPSA) is 90.5 Å². The Bertz CT molecular complexity index is 1510. The van der Waals surface area contributed by atoms with Gasteiger partial charge in [-0.15, -0.1) is 0 Å². The van der Waals surface area contributed by atoms with Crippen LogP contribution in [0.5, 0.6) is 0 Å². The van der Waals surface area contributed by atoms with Gasteiger partial charge in [0.25, 0.3) is 0 Å². The number of benzene rings is 4. The van der Waals surface area contributed by atoms with Gasteiger partial charge in [0.2, 0.25) is 0 Å². The molecular weight excluding hydrogens is 568 g/mol. The molecule has 4 amide bonds. The van der Waals surface area contributed by atoms with Gasteiger partial charge in [-0.25, -0.2) is 19.2 Å². The average Bonchev–Trinajstić information content (AvgIpc) is 3.54. The number of rotatable bonds is 10. The standard InChI is InChI=1S/C36H34N4O5/c41-33(31-25-37(21-27-13-5-1-6-14-27)35(43)39(31)23-29-17-9-3-10-18-29)45-34(42)32-26-38(22-28-15-7-2-8-16-28)36(44)40(32)24-30-19-11-4-12-20-30/h1-20,31-32H,21-26H2. The Kier molecular flexibility index (Phi) is 8.86. The summed E-state index contributed by atoms with van der Waals surface area (Å²) in [7, 11) is 0. The third-order valence-electron chi connectivity index (χ3n) is 8.14. The van der Waals surface area contributed by atoms with Crippen molar-refractivity contribution in [3.8, 4) is 0 Å². The average molecular weight is 603 g/mol. The van der Waals surface area contributed by atoms with E-state index in [1.54, 1.807) is 9.80 Å². The van der Waals surface area contributed by atoms with Crippen LogP contribution in [0.1, 0.15) is 22.3 Å². The molecule has 2 atom stereocenters. The summed E-state index contributed by atoms with van der Waals surface area (Å²) < 4.78 is 5.53. The number of amides is 4. The smallest absolute Gasteiger partial charge is 0.338 e. The summed E-state index contributed by atoms with van der Waals surface area (Å²) >= 11 is 0. The minimum absolute atomic E-state index is 0.0735. The number of carbonyl (C=O) groups is 4. The summed E-state index contributed by atoms with van der Waals surface area (Å²) in [6.07, 6.45) is 0. The van der Waals surface area contributed by atoms with Crippen molar-refractivity contribution in [1.82, 2.24) is 19.6 Å². The van der Waals surface area contributed by atoms with Crippen LogP contribution in [-0.4, -0.2) is 68.8 Å². The number of carbonyl (C=O) groups excluding carboxylic acids is 4. The van der Waals surface area contributed by atoms with E-state index in [0.717, 1.165) is 22.3 Å². The second-order valence-corrected chi connectivity index (χ2v) is 11.3. The van der Waals surface area contributed by atoms with E-state index in [2.05, 4.69) is 0 Å². The first-order valence-electron chi connectivity index (χ1n) is 15.0. The van der Waals surface area contributed by atoms with E-state index in [1.807, 2.05) is 121 Å². The van der Waals surface area contributed by atoms with Gasteiger partial charge in [-0.05, 0) is 22.3 Å². The number of hydrogen-bond acceptors (Lipinski definition) is 5. The van der Waals surface area contributed by atoms with Crippen LogP contribution in [0.2, 0.25) is 0 Å². The molecule has 4 aromatic rings. The Hall–Kier alpha value is -5.44. The van der Waals surface area contributed by atoms with Gasteiger partial charge in [0.05, 0.1) is 13.1 Å². The lowest BCUT2D eigenvalue weighted by Crippen LogP contribution is -2.45. The summed E-state index contributed by atoms with van der Waals surface area (Å²) in [6.45, 7) is 1.16. The van der Waals surface area contributed by atoms with Gasteiger partial charge in [0, 0.05) is 26.2 Å². The van der Waals surface area contributed by atoms with E-state index in [4.69, 9.17) is 4.74 Å². The molecule has 2 heterocycles. The molecule has 9 nitrogen and oxygen atoms in total. The fourth-order valence-corrected chi connectivity index (χ4v) is 5.83. The molecule has 0 radical (unpaired) electrons. The second kappa shape index (κ2) is 13.5. The zero-order chi connectivity index (χ0) is 31.2. The van der Waals surface area contributed by atoms with Crippen LogP contribution in [0.4, 0.5) is 9.59 Å². The molecule has 2 unspecified atom stereocenters. The van der Waals surface area contributed by atoms with Crippen LogP contribution in [0.15, 0.2) is 121 Å². The molecule has 2 aliphatic rings. The van der Waals surface area contributed by atoms with Crippen LogP contribution < -0.4 is 0 Å². The highest BCUT2D eigenvalue weighted by Gasteiger charge is 2.46. The largest absolute Gasteiger partial charge is 0.390 e. The molecule has 0 N–H and O–H groups in total. The Morgan fingerprint density at radius 1 is 0.489 bits per heavy atom. The maximum atomic E-state index is 13.7. The molecular formula is C36H34N4O5. The van der Waals surface area contributed by atoms with Gasteiger partial charge >= 0.3 is 24.0 Å². The number of urea groups is 2. The third-order valence-corrected chi connectivity index (χ3v) is 8.14. The normalized spacial score (nSPS) is 18.0. The summed E-state index contributed by atoms with van der Waals surface area (Å²) in [5.74, 6) is -1.62. The number of nitrogens with zero attached hydrogens (tertiary/aromatic N) is 4. The molecule has 9 heteroatoms. The maximum Gasteiger partial charge on any atom is 0.338 e. The molecule has 228 valence electrons. The van der Waals surface area contributed by atoms with Gasteiger partial charge in [-0.2, -0.15) is 0 Å². The predicted octanol–water partition coefficient (Wildman–Crippen LogP) is 5.07. The first-order chi connectivity index (χ1) is 22.0. The van der Waals surface area contributed by atoms with Crippen molar-refractivity contribution in [2.45, 2.75) is 38.3 Å². The molecule has 0 aromatic heterocycles. The van der Waals surface area contributed by atoms with Crippen molar-refractivity contribution in [3.05, 3.63) is 144 Å². The minimum Gasteiger partial charge on any atom is -0.390 e. The monoisotopic (exact) mass is 602 g/mol. The van der Waals surface area contributed by atoms with Crippen molar-refractivity contribution in [3.63, 3.8) is 0 Å². The van der Waals surface area contributed by atoms with Crippen molar-refractivity contribution in [1.29, 1.82) is 0 Å².